The van der Waals surface area contributed by atoms with E-state index in [2.05, 4.69) is 31.6 Å². The number of piperazine rings is 1. The summed E-state index contributed by atoms with van der Waals surface area (Å²) in [6.45, 7) is 9.32. The fourth-order valence-electron chi connectivity index (χ4n) is 3.67. The number of aromatic nitrogens is 2. The van der Waals surface area contributed by atoms with Crippen molar-refractivity contribution in [3.63, 3.8) is 0 Å². The third kappa shape index (κ3) is 4.59. The molecule has 2 fully saturated rings. The van der Waals surface area contributed by atoms with Gasteiger partial charge >= 0.3 is 0 Å². The number of hydrogen-bond acceptors (Lipinski definition) is 5. The molecule has 1 aromatic rings. The molecule has 0 radical (unpaired) electrons. The normalized spacial score (nSPS) is 26.7. The van der Waals surface area contributed by atoms with E-state index in [1.165, 1.54) is 0 Å². The molecule has 7 heteroatoms. The average molecular weight is 349 g/mol. The van der Waals surface area contributed by atoms with Crippen LogP contribution < -0.4 is 5.32 Å². The number of ether oxygens (including phenoxy) is 1. The molecule has 1 aromatic heterocycles. The molecule has 25 heavy (non-hydrogen) atoms. The largest absolute Gasteiger partial charge is 0.376 e. The molecule has 2 aliphatic rings. The number of imidazole rings is 1. The Morgan fingerprint density at radius 2 is 2.32 bits per heavy atom. The highest BCUT2D eigenvalue weighted by atomic mass is 16.5. The van der Waals surface area contributed by atoms with Crippen molar-refractivity contribution in [2.75, 3.05) is 32.8 Å². The molecule has 0 unspecified atom stereocenters. The van der Waals surface area contributed by atoms with E-state index in [-0.39, 0.29) is 18.1 Å². The van der Waals surface area contributed by atoms with Gasteiger partial charge in [-0.05, 0) is 26.7 Å². The van der Waals surface area contributed by atoms with E-state index in [4.69, 9.17) is 4.74 Å². The fraction of sp³-hybridized carbons (Fsp3) is 0.778. The van der Waals surface area contributed by atoms with Crippen molar-refractivity contribution in [3.8, 4) is 0 Å². The predicted octanol–water partition coefficient (Wildman–Crippen LogP) is 0.610. The summed E-state index contributed by atoms with van der Waals surface area (Å²) in [6, 6.07) is 0.304. The fourth-order valence-corrected chi connectivity index (χ4v) is 3.67. The molecule has 0 aliphatic carbocycles. The molecule has 0 aromatic carbocycles. The van der Waals surface area contributed by atoms with Crippen molar-refractivity contribution in [1.29, 1.82) is 0 Å². The monoisotopic (exact) mass is 349 g/mol. The van der Waals surface area contributed by atoms with Gasteiger partial charge in [0.2, 0.25) is 5.91 Å². The van der Waals surface area contributed by atoms with Crippen LogP contribution in [0.2, 0.25) is 0 Å². The Bertz CT molecular complexity index is 570. The molecule has 0 saturated carbocycles. The van der Waals surface area contributed by atoms with Crippen LogP contribution in [0.4, 0.5) is 0 Å². The van der Waals surface area contributed by atoms with Crippen LogP contribution in [0.3, 0.4) is 0 Å². The SMILES string of the molecule is C[C@@H]1CN([C@@H](C)C(=O)NC[C@H]2CCCO2)CCN1Cc1nccn1C. The molecule has 0 bridgehead atoms. The van der Waals surface area contributed by atoms with Crippen molar-refractivity contribution < 1.29 is 9.53 Å². The minimum Gasteiger partial charge on any atom is -0.376 e. The molecule has 140 valence electrons. The highest BCUT2D eigenvalue weighted by Crippen LogP contribution is 2.15. The van der Waals surface area contributed by atoms with Gasteiger partial charge < -0.3 is 14.6 Å². The number of carbonyl (C=O) groups excluding carboxylic acids is 1. The van der Waals surface area contributed by atoms with Crippen LogP contribution in [0, 0.1) is 0 Å². The van der Waals surface area contributed by atoms with Gasteiger partial charge in [-0.3, -0.25) is 14.6 Å². The van der Waals surface area contributed by atoms with E-state index in [0.29, 0.717) is 12.6 Å². The van der Waals surface area contributed by atoms with Gasteiger partial charge in [-0.25, -0.2) is 4.98 Å². The Morgan fingerprint density at radius 1 is 1.48 bits per heavy atom. The summed E-state index contributed by atoms with van der Waals surface area (Å²) in [7, 11) is 2.03. The van der Waals surface area contributed by atoms with Gasteiger partial charge in [0.1, 0.15) is 5.82 Å². The third-order valence-corrected chi connectivity index (χ3v) is 5.52. The van der Waals surface area contributed by atoms with Crippen molar-refractivity contribution in [1.82, 2.24) is 24.7 Å². The van der Waals surface area contributed by atoms with Crippen LogP contribution in [0.15, 0.2) is 12.4 Å². The van der Waals surface area contributed by atoms with Gasteiger partial charge in [-0.15, -0.1) is 0 Å². The van der Waals surface area contributed by atoms with Crippen LogP contribution in [0.25, 0.3) is 0 Å². The maximum Gasteiger partial charge on any atom is 0.237 e. The molecule has 3 atom stereocenters. The van der Waals surface area contributed by atoms with Crippen molar-refractivity contribution >= 4 is 5.91 Å². The van der Waals surface area contributed by atoms with E-state index in [1.54, 1.807) is 0 Å². The van der Waals surface area contributed by atoms with E-state index >= 15 is 0 Å². The minimum absolute atomic E-state index is 0.0980. The number of carbonyl (C=O) groups is 1. The second-order valence-corrected chi connectivity index (χ2v) is 7.32. The lowest BCUT2D eigenvalue weighted by molar-refractivity contribution is -0.127. The molecule has 2 saturated heterocycles. The standard InChI is InChI=1S/C18H31N5O2/c1-14-12-23(9-8-22(14)13-17-19-6-7-21(17)3)15(2)18(24)20-11-16-5-4-10-25-16/h6-7,14-16H,4-5,8-13H2,1-3H3,(H,20,24)/t14-,15+,16-/m1/s1. The molecule has 7 nitrogen and oxygen atoms in total. The van der Waals surface area contributed by atoms with Gasteiger partial charge in [0.25, 0.3) is 0 Å². The summed E-state index contributed by atoms with van der Waals surface area (Å²) in [5, 5.41) is 3.06. The molecule has 1 amide bonds. The molecule has 3 heterocycles. The lowest BCUT2D eigenvalue weighted by Gasteiger charge is -2.41. The number of nitrogens with zero attached hydrogens (tertiary/aromatic N) is 4. The molecular formula is C18H31N5O2. The van der Waals surface area contributed by atoms with Gasteiger partial charge in [0.15, 0.2) is 0 Å². The van der Waals surface area contributed by atoms with Gasteiger partial charge in [-0.1, -0.05) is 0 Å². The van der Waals surface area contributed by atoms with Crippen LogP contribution in [-0.2, 0) is 23.1 Å². The second kappa shape index (κ2) is 8.29. The smallest absolute Gasteiger partial charge is 0.237 e. The summed E-state index contributed by atoms with van der Waals surface area (Å²) in [5.74, 6) is 1.20. The van der Waals surface area contributed by atoms with Crippen molar-refractivity contribution in [3.05, 3.63) is 18.2 Å². The van der Waals surface area contributed by atoms with Gasteiger partial charge in [-0.2, -0.15) is 0 Å². The lowest BCUT2D eigenvalue weighted by Crippen LogP contribution is -2.57. The zero-order valence-corrected chi connectivity index (χ0v) is 15.6. The number of rotatable bonds is 6. The van der Waals surface area contributed by atoms with Crippen LogP contribution in [0.1, 0.15) is 32.5 Å². The summed E-state index contributed by atoms with van der Waals surface area (Å²) in [5.41, 5.74) is 0. The maximum atomic E-state index is 12.5. The molecule has 2 aliphatic heterocycles. The summed E-state index contributed by atoms with van der Waals surface area (Å²) in [6.07, 6.45) is 6.18. The quantitative estimate of drug-likeness (QED) is 0.815. The Morgan fingerprint density at radius 3 is 2.96 bits per heavy atom. The second-order valence-electron chi connectivity index (χ2n) is 7.32. The zero-order chi connectivity index (χ0) is 17.8. The molecule has 1 N–H and O–H groups in total. The van der Waals surface area contributed by atoms with E-state index < -0.39 is 0 Å². The van der Waals surface area contributed by atoms with E-state index in [9.17, 15) is 4.79 Å². The Kier molecular flexibility index (Phi) is 6.09. The predicted molar refractivity (Wildman–Crippen MR) is 96.1 cm³/mol. The van der Waals surface area contributed by atoms with E-state index in [1.807, 2.05) is 26.4 Å². The maximum absolute atomic E-state index is 12.5. The van der Waals surface area contributed by atoms with Gasteiger partial charge in [0.05, 0.1) is 18.7 Å². The Labute approximate surface area is 150 Å². The van der Waals surface area contributed by atoms with Crippen LogP contribution in [0.5, 0.6) is 0 Å². The third-order valence-electron chi connectivity index (χ3n) is 5.52. The molecular weight excluding hydrogens is 318 g/mol. The molecule has 3 rings (SSSR count). The van der Waals surface area contributed by atoms with Crippen LogP contribution >= 0.6 is 0 Å². The highest BCUT2D eigenvalue weighted by molar-refractivity contribution is 5.81. The summed E-state index contributed by atoms with van der Waals surface area (Å²) < 4.78 is 7.65. The number of nitrogens with one attached hydrogen (secondary N) is 1. The first-order chi connectivity index (χ1) is 12.0. The number of aryl methyl sites for hydroxylation is 1. The Balaban J connectivity index is 1.46. The first-order valence-corrected chi connectivity index (χ1v) is 9.38. The topological polar surface area (TPSA) is 62.6 Å². The highest BCUT2D eigenvalue weighted by Gasteiger charge is 2.30. The van der Waals surface area contributed by atoms with E-state index in [0.717, 1.165) is 51.5 Å². The Hall–Kier alpha value is -1.44. The van der Waals surface area contributed by atoms with Crippen LogP contribution in [-0.4, -0.2) is 76.2 Å². The lowest BCUT2D eigenvalue weighted by atomic mass is 10.1. The first-order valence-electron chi connectivity index (χ1n) is 9.38. The molecule has 0 spiro atoms. The summed E-state index contributed by atoms with van der Waals surface area (Å²) in [4.78, 5) is 21.6. The van der Waals surface area contributed by atoms with Crippen molar-refractivity contribution in [2.45, 2.75) is 51.4 Å². The first kappa shape index (κ1) is 18.4. The summed E-state index contributed by atoms with van der Waals surface area (Å²) >= 11 is 0. The minimum atomic E-state index is -0.0980. The van der Waals surface area contributed by atoms with Gasteiger partial charge in [0, 0.05) is 58.3 Å². The number of hydrogen-bond donors (Lipinski definition) is 1. The zero-order valence-electron chi connectivity index (χ0n) is 15.6. The number of amides is 1. The van der Waals surface area contributed by atoms with Crippen molar-refractivity contribution in [2.24, 2.45) is 7.05 Å². The average Bonchev–Trinajstić information content (AvgIpc) is 3.26.